The van der Waals surface area contributed by atoms with Gasteiger partial charge in [-0.2, -0.15) is 5.10 Å². The molecule has 1 aliphatic rings. The number of aryl methyl sites for hydroxylation is 1. The highest BCUT2D eigenvalue weighted by Crippen LogP contribution is 2.30. The molecule has 0 spiro atoms. The Labute approximate surface area is 129 Å². The van der Waals surface area contributed by atoms with E-state index >= 15 is 0 Å². The third kappa shape index (κ3) is 3.37. The molecule has 4 nitrogen and oxygen atoms in total. The normalized spacial score (nSPS) is 16.8. The largest absolute Gasteiger partial charge is 0.355 e. The second-order valence-corrected chi connectivity index (χ2v) is 6.41. The van der Waals surface area contributed by atoms with Gasteiger partial charge in [-0.05, 0) is 43.1 Å². The summed E-state index contributed by atoms with van der Waals surface area (Å²) in [5.74, 6) is 2.66. The van der Waals surface area contributed by atoms with Crippen molar-refractivity contribution in [1.82, 2.24) is 10.2 Å². The van der Waals surface area contributed by atoms with Gasteiger partial charge in [0, 0.05) is 25.2 Å². The predicted molar refractivity (Wildman–Crippen MR) is 88.5 cm³/mol. The molecule has 2 N–H and O–H groups in total. The van der Waals surface area contributed by atoms with E-state index in [2.05, 4.69) is 42.8 Å². The summed E-state index contributed by atoms with van der Waals surface area (Å²) in [5, 5.41) is 8.98. The van der Waals surface area contributed by atoms with Crippen LogP contribution in [0.5, 0.6) is 0 Å². The van der Waals surface area contributed by atoms with Crippen molar-refractivity contribution in [2.45, 2.75) is 59.9 Å². The molecule has 2 heterocycles. The summed E-state index contributed by atoms with van der Waals surface area (Å²) in [6.45, 7) is 11.7. The quantitative estimate of drug-likeness (QED) is 0.906. The fourth-order valence-electron chi connectivity index (χ4n) is 3.49. The van der Waals surface area contributed by atoms with E-state index in [1.165, 1.54) is 24.0 Å². The Morgan fingerprint density at radius 3 is 2.24 bits per heavy atom. The molecule has 21 heavy (non-hydrogen) atoms. The number of hydrogen-bond donors (Lipinski definition) is 1. The van der Waals surface area contributed by atoms with Gasteiger partial charge in [0.1, 0.15) is 0 Å². The highest BCUT2D eigenvalue weighted by Gasteiger charge is 2.25. The van der Waals surface area contributed by atoms with Gasteiger partial charge in [-0.1, -0.05) is 27.7 Å². The van der Waals surface area contributed by atoms with E-state index in [4.69, 9.17) is 5.73 Å². The van der Waals surface area contributed by atoms with Crippen LogP contribution < -0.4 is 10.6 Å². The lowest BCUT2D eigenvalue weighted by atomic mass is 9.86. The highest BCUT2D eigenvalue weighted by molar-refractivity contribution is 5.51. The second kappa shape index (κ2) is 7.21. The standard InChI is InChI=1S/C17H30N4/c1-5-14-15(11-18)17(20-19-16(14)6-2)21-9-7-13(8-10-21)12(3)4/h12-13H,5-11,18H2,1-4H3. The van der Waals surface area contributed by atoms with E-state index in [9.17, 15) is 0 Å². The molecule has 0 saturated carbocycles. The number of rotatable bonds is 5. The average Bonchev–Trinajstić information content (AvgIpc) is 2.53. The van der Waals surface area contributed by atoms with E-state index < -0.39 is 0 Å². The summed E-state index contributed by atoms with van der Waals surface area (Å²) in [7, 11) is 0. The summed E-state index contributed by atoms with van der Waals surface area (Å²) < 4.78 is 0. The minimum absolute atomic E-state index is 0.561. The molecule has 0 aromatic carbocycles. The Balaban J connectivity index is 2.24. The van der Waals surface area contributed by atoms with Crippen LogP contribution in [0.4, 0.5) is 5.82 Å². The molecule has 0 unspecified atom stereocenters. The van der Waals surface area contributed by atoms with Crippen molar-refractivity contribution < 1.29 is 0 Å². The minimum Gasteiger partial charge on any atom is -0.355 e. The van der Waals surface area contributed by atoms with Crippen molar-refractivity contribution in [2.75, 3.05) is 18.0 Å². The van der Waals surface area contributed by atoms with E-state index in [0.717, 1.165) is 49.3 Å². The van der Waals surface area contributed by atoms with Crippen molar-refractivity contribution in [3.8, 4) is 0 Å². The first-order valence-corrected chi connectivity index (χ1v) is 8.44. The van der Waals surface area contributed by atoms with Crippen LogP contribution in [0.1, 0.15) is 57.4 Å². The summed E-state index contributed by atoms with van der Waals surface area (Å²) in [6, 6.07) is 0. The summed E-state index contributed by atoms with van der Waals surface area (Å²) in [6.07, 6.45) is 4.42. The number of aromatic nitrogens is 2. The lowest BCUT2D eigenvalue weighted by Crippen LogP contribution is -2.37. The van der Waals surface area contributed by atoms with Gasteiger partial charge < -0.3 is 10.6 Å². The molecule has 118 valence electrons. The molecular weight excluding hydrogens is 260 g/mol. The molecule has 0 aliphatic carbocycles. The lowest BCUT2D eigenvalue weighted by molar-refractivity contribution is 0.310. The maximum Gasteiger partial charge on any atom is 0.156 e. The third-order valence-corrected chi connectivity index (χ3v) is 4.92. The molecule has 1 fully saturated rings. The van der Waals surface area contributed by atoms with Crippen molar-refractivity contribution in [3.05, 3.63) is 16.8 Å². The van der Waals surface area contributed by atoms with Crippen LogP contribution in [0.2, 0.25) is 0 Å². The van der Waals surface area contributed by atoms with Crippen molar-refractivity contribution >= 4 is 5.82 Å². The van der Waals surface area contributed by atoms with Gasteiger partial charge in [0.15, 0.2) is 5.82 Å². The molecule has 0 amide bonds. The van der Waals surface area contributed by atoms with Gasteiger partial charge in [-0.25, -0.2) is 0 Å². The number of anilines is 1. The van der Waals surface area contributed by atoms with Crippen LogP contribution in [-0.2, 0) is 19.4 Å². The molecule has 1 saturated heterocycles. The monoisotopic (exact) mass is 290 g/mol. The molecule has 1 aromatic rings. The van der Waals surface area contributed by atoms with Crippen molar-refractivity contribution in [1.29, 1.82) is 0 Å². The molecule has 0 radical (unpaired) electrons. The van der Waals surface area contributed by atoms with Gasteiger partial charge in [0.05, 0.1) is 5.69 Å². The Hall–Kier alpha value is -1.16. The van der Waals surface area contributed by atoms with E-state index in [0.29, 0.717) is 6.54 Å². The smallest absolute Gasteiger partial charge is 0.156 e. The van der Waals surface area contributed by atoms with Gasteiger partial charge in [0.2, 0.25) is 0 Å². The molecule has 1 aliphatic heterocycles. The SMILES string of the molecule is CCc1nnc(N2CCC(C(C)C)CC2)c(CN)c1CC. The fourth-order valence-corrected chi connectivity index (χ4v) is 3.49. The summed E-state index contributed by atoms with van der Waals surface area (Å²) >= 11 is 0. The lowest BCUT2D eigenvalue weighted by Gasteiger charge is -2.35. The zero-order valence-corrected chi connectivity index (χ0v) is 14.0. The van der Waals surface area contributed by atoms with Crippen LogP contribution in [0.25, 0.3) is 0 Å². The maximum atomic E-state index is 6.04. The van der Waals surface area contributed by atoms with Gasteiger partial charge in [-0.3, -0.25) is 0 Å². The first-order chi connectivity index (χ1) is 10.1. The molecule has 4 heteroatoms. The topological polar surface area (TPSA) is 55.0 Å². The summed E-state index contributed by atoms with van der Waals surface area (Å²) in [4.78, 5) is 2.40. The van der Waals surface area contributed by atoms with Gasteiger partial charge >= 0.3 is 0 Å². The van der Waals surface area contributed by atoms with Crippen molar-refractivity contribution in [2.24, 2.45) is 17.6 Å². The zero-order valence-electron chi connectivity index (χ0n) is 14.0. The van der Waals surface area contributed by atoms with E-state index in [1.807, 2.05) is 0 Å². The molecule has 2 rings (SSSR count). The number of hydrogen-bond acceptors (Lipinski definition) is 4. The van der Waals surface area contributed by atoms with Crippen LogP contribution in [0, 0.1) is 11.8 Å². The predicted octanol–water partition coefficient (Wildman–Crippen LogP) is 2.93. The van der Waals surface area contributed by atoms with Crippen LogP contribution >= 0.6 is 0 Å². The maximum absolute atomic E-state index is 6.04. The molecule has 0 atom stereocenters. The number of piperidine rings is 1. The Morgan fingerprint density at radius 1 is 1.10 bits per heavy atom. The van der Waals surface area contributed by atoms with Crippen molar-refractivity contribution in [3.63, 3.8) is 0 Å². The first kappa shape index (κ1) is 16.2. The number of nitrogens with two attached hydrogens (primary N) is 1. The first-order valence-electron chi connectivity index (χ1n) is 8.44. The number of nitrogens with zero attached hydrogens (tertiary/aromatic N) is 3. The molecular formula is C17H30N4. The summed E-state index contributed by atoms with van der Waals surface area (Å²) in [5.41, 5.74) is 9.68. The van der Waals surface area contributed by atoms with Crippen LogP contribution in [0.3, 0.4) is 0 Å². The van der Waals surface area contributed by atoms with E-state index in [-0.39, 0.29) is 0 Å². The Morgan fingerprint density at radius 2 is 1.76 bits per heavy atom. The Bertz CT molecular complexity index is 462. The molecule has 1 aromatic heterocycles. The third-order valence-electron chi connectivity index (χ3n) is 4.92. The minimum atomic E-state index is 0.561. The van der Waals surface area contributed by atoms with Gasteiger partial charge in [-0.15, -0.1) is 5.10 Å². The zero-order chi connectivity index (χ0) is 15.4. The highest BCUT2D eigenvalue weighted by atomic mass is 15.3. The van der Waals surface area contributed by atoms with Gasteiger partial charge in [0.25, 0.3) is 0 Å². The molecule has 0 bridgehead atoms. The second-order valence-electron chi connectivity index (χ2n) is 6.41. The fraction of sp³-hybridized carbons (Fsp3) is 0.765. The average molecular weight is 290 g/mol. The Kier molecular flexibility index (Phi) is 5.57. The van der Waals surface area contributed by atoms with Crippen LogP contribution in [-0.4, -0.2) is 23.3 Å². The van der Waals surface area contributed by atoms with Crippen LogP contribution in [0.15, 0.2) is 0 Å². The van der Waals surface area contributed by atoms with E-state index in [1.54, 1.807) is 0 Å².